The van der Waals surface area contributed by atoms with E-state index in [2.05, 4.69) is 11.4 Å². The molecule has 0 aromatic heterocycles. The van der Waals surface area contributed by atoms with Gasteiger partial charge in [0.25, 0.3) is 0 Å². The summed E-state index contributed by atoms with van der Waals surface area (Å²) < 4.78 is 4.96. The number of esters is 1. The van der Waals surface area contributed by atoms with E-state index in [0.29, 0.717) is 17.7 Å². The van der Waals surface area contributed by atoms with Crippen LogP contribution in [-0.2, 0) is 4.74 Å². The summed E-state index contributed by atoms with van der Waals surface area (Å²) in [6, 6.07) is 16.3. The van der Waals surface area contributed by atoms with E-state index in [1.165, 1.54) is 0 Å². The Kier molecular flexibility index (Phi) is 4.35. The third kappa shape index (κ3) is 3.36. The van der Waals surface area contributed by atoms with Crippen LogP contribution in [0.2, 0.25) is 0 Å². The Morgan fingerprint density at radius 2 is 1.95 bits per heavy atom. The average molecular weight is 266 g/mol. The third-order valence-corrected chi connectivity index (χ3v) is 2.68. The second-order valence-corrected chi connectivity index (χ2v) is 4.12. The number of anilines is 2. The van der Waals surface area contributed by atoms with Gasteiger partial charge in [-0.05, 0) is 49.4 Å². The highest BCUT2D eigenvalue weighted by Gasteiger charge is 2.06. The summed E-state index contributed by atoms with van der Waals surface area (Å²) in [5, 5.41) is 11.9. The van der Waals surface area contributed by atoms with Crippen molar-refractivity contribution in [3.8, 4) is 6.07 Å². The number of nitriles is 1. The molecule has 0 spiro atoms. The molecule has 0 bridgehead atoms. The molecule has 20 heavy (non-hydrogen) atoms. The van der Waals surface area contributed by atoms with Crippen LogP contribution in [0.25, 0.3) is 0 Å². The van der Waals surface area contributed by atoms with E-state index >= 15 is 0 Å². The van der Waals surface area contributed by atoms with Crippen molar-refractivity contribution in [2.45, 2.75) is 6.92 Å². The predicted molar refractivity (Wildman–Crippen MR) is 76.8 cm³/mol. The van der Waals surface area contributed by atoms with Crippen LogP contribution in [0.1, 0.15) is 22.8 Å². The van der Waals surface area contributed by atoms with Gasteiger partial charge in [-0.2, -0.15) is 5.26 Å². The predicted octanol–water partition coefficient (Wildman–Crippen LogP) is 3.48. The van der Waals surface area contributed by atoms with Gasteiger partial charge < -0.3 is 10.1 Å². The molecule has 0 atom stereocenters. The van der Waals surface area contributed by atoms with Crippen LogP contribution in [0.3, 0.4) is 0 Å². The smallest absolute Gasteiger partial charge is 0.338 e. The van der Waals surface area contributed by atoms with Crippen molar-refractivity contribution in [2.24, 2.45) is 0 Å². The second kappa shape index (κ2) is 6.39. The van der Waals surface area contributed by atoms with Crippen molar-refractivity contribution >= 4 is 17.3 Å². The maximum absolute atomic E-state index is 11.6. The largest absolute Gasteiger partial charge is 0.462 e. The van der Waals surface area contributed by atoms with Crippen molar-refractivity contribution in [1.29, 1.82) is 5.26 Å². The zero-order chi connectivity index (χ0) is 14.4. The van der Waals surface area contributed by atoms with Gasteiger partial charge in [-0.15, -0.1) is 0 Å². The van der Waals surface area contributed by atoms with Crippen LogP contribution in [0, 0.1) is 11.3 Å². The minimum atomic E-state index is -0.337. The lowest BCUT2D eigenvalue weighted by Crippen LogP contribution is -2.04. The van der Waals surface area contributed by atoms with Crippen molar-refractivity contribution in [3.63, 3.8) is 0 Å². The van der Waals surface area contributed by atoms with Crippen molar-refractivity contribution < 1.29 is 9.53 Å². The highest BCUT2D eigenvalue weighted by atomic mass is 16.5. The Bertz CT molecular complexity index is 642. The average Bonchev–Trinajstić information content (AvgIpc) is 2.48. The monoisotopic (exact) mass is 266 g/mol. The molecule has 0 heterocycles. The zero-order valence-corrected chi connectivity index (χ0v) is 11.1. The van der Waals surface area contributed by atoms with E-state index in [1.807, 2.05) is 18.2 Å². The van der Waals surface area contributed by atoms with Gasteiger partial charge in [-0.25, -0.2) is 4.79 Å². The lowest BCUT2D eigenvalue weighted by atomic mass is 10.2. The molecular formula is C16H14N2O2. The molecule has 0 unspecified atom stereocenters. The standard InChI is InChI=1S/C16H14N2O2/c1-2-20-16(19)13-4-3-5-15(10-13)18-14-8-6-12(11-17)7-9-14/h3-10,18H,2H2,1H3. The van der Waals surface area contributed by atoms with Gasteiger partial charge in [-0.3, -0.25) is 0 Å². The molecule has 2 aromatic carbocycles. The summed E-state index contributed by atoms with van der Waals surface area (Å²) in [7, 11) is 0. The van der Waals surface area contributed by atoms with Crippen LogP contribution in [0.4, 0.5) is 11.4 Å². The summed E-state index contributed by atoms with van der Waals surface area (Å²) in [5.74, 6) is -0.337. The second-order valence-electron chi connectivity index (χ2n) is 4.12. The molecule has 0 aliphatic heterocycles. The minimum absolute atomic E-state index is 0.337. The summed E-state index contributed by atoms with van der Waals surface area (Å²) in [6.45, 7) is 2.13. The number of carbonyl (C=O) groups excluding carboxylic acids is 1. The van der Waals surface area contributed by atoms with Crippen molar-refractivity contribution in [3.05, 3.63) is 59.7 Å². The highest BCUT2D eigenvalue weighted by molar-refractivity contribution is 5.90. The Morgan fingerprint density at radius 1 is 1.20 bits per heavy atom. The van der Waals surface area contributed by atoms with E-state index in [4.69, 9.17) is 10.00 Å². The number of nitrogens with one attached hydrogen (secondary N) is 1. The molecule has 0 radical (unpaired) electrons. The van der Waals surface area contributed by atoms with Crippen LogP contribution in [0.5, 0.6) is 0 Å². The summed E-state index contributed by atoms with van der Waals surface area (Å²) >= 11 is 0. The summed E-state index contributed by atoms with van der Waals surface area (Å²) in [6.07, 6.45) is 0. The number of hydrogen-bond donors (Lipinski definition) is 1. The first-order valence-electron chi connectivity index (χ1n) is 6.27. The molecule has 100 valence electrons. The Labute approximate surface area is 117 Å². The van der Waals surface area contributed by atoms with Crippen LogP contribution in [0.15, 0.2) is 48.5 Å². The van der Waals surface area contributed by atoms with Gasteiger partial charge in [0.2, 0.25) is 0 Å². The van der Waals surface area contributed by atoms with E-state index in [-0.39, 0.29) is 5.97 Å². The number of carbonyl (C=O) groups is 1. The molecule has 0 saturated heterocycles. The molecule has 1 N–H and O–H groups in total. The van der Waals surface area contributed by atoms with Crippen LogP contribution < -0.4 is 5.32 Å². The first-order chi connectivity index (χ1) is 9.72. The zero-order valence-electron chi connectivity index (χ0n) is 11.1. The normalized spacial score (nSPS) is 9.60. The van der Waals surface area contributed by atoms with Crippen molar-refractivity contribution in [1.82, 2.24) is 0 Å². The third-order valence-electron chi connectivity index (χ3n) is 2.68. The molecule has 0 amide bonds. The number of nitrogens with zero attached hydrogens (tertiary/aromatic N) is 1. The Balaban J connectivity index is 2.15. The number of hydrogen-bond acceptors (Lipinski definition) is 4. The minimum Gasteiger partial charge on any atom is -0.462 e. The maximum atomic E-state index is 11.6. The molecule has 2 rings (SSSR count). The molecule has 0 aliphatic carbocycles. The SMILES string of the molecule is CCOC(=O)c1cccc(Nc2ccc(C#N)cc2)c1. The van der Waals surface area contributed by atoms with Gasteiger partial charge in [0.15, 0.2) is 0 Å². The molecule has 4 nitrogen and oxygen atoms in total. The first-order valence-corrected chi connectivity index (χ1v) is 6.27. The fraction of sp³-hybridized carbons (Fsp3) is 0.125. The lowest BCUT2D eigenvalue weighted by molar-refractivity contribution is 0.0526. The van der Waals surface area contributed by atoms with Crippen LogP contribution >= 0.6 is 0 Å². The fourth-order valence-corrected chi connectivity index (χ4v) is 1.73. The van der Waals surface area contributed by atoms with Gasteiger partial charge in [-0.1, -0.05) is 6.07 Å². The molecule has 4 heteroatoms. The number of ether oxygens (including phenoxy) is 1. The van der Waals surface area contributed by atoms with Gasteiger partial charge >= 0.3 is 5.97 Å². The number of benzene rings is 2. The quantitative estimate of drug-likeness (QED) is 0.860. The Morgan fingerprint density at radius 3 is 2.60 bits per heavy atom. The Hall–Kier alpha value is -2.80. The highest BCUT2D eigenvalue weighted by Crippen LogP contribution is 2.18. The molecule has 2 aromatic rings. The van der Waals surface area contributed by atoms with Gasteiger partial charge in [0, 0.05) is 11.4 Å². The van der Waals surface area contributed by atoms with Crippen LogP contribution in [-0.4, -0.2) is 12.6 Å². The molecule has 0 saturated carbocycles. The maximum Gasteiger partial charge on any atom is 0.338 e. The van der Waals surface area contributed by atoms with E-state index in [1.54, 1.807) is 37.3 Å². The summed E-state index contributed by atoms with van der Waals surface area (Å²) in [5.41, 5.74) is 2.76. The molecule has 0 aliphatic rings. The number of rotatable bonds is 4. The molecule has 0 fully saturated rings. The van der Waals surface area contributed by atoms with Gasteiger partial charge in [0.05, 0.1) is 23.8 Å². The van der Waals surface area contributed by atoms with E-state index in [0.717, 1.165) is 11.4 Å². The molecular weight excluding hydrogens is 252 g/mol. The summed E-state index contributed by atoms with van der Waals surface area (Å²) in [4.78, 5) is 11.6. The first kappa shape index (κ1) is 13.6. The van der Waals surface area contributed by atoms with E-state index < -0.39 is 0 Å². The van der Waals surface area contributed by atoms with Crippen molar-refractivity contribution in [2.75, 3.05) is 11.9 Å². The lowest BCUT2D eigenvalue weighted by Gasteiger charge is -2.08. The van der Waals surface area contributed by atoms with E-state index in [9.17, 15) is 4.79 Å². The fourth-order valence-electron chi connectivity index (χ4n) is 1.73. The topological polar surface area (TPSA) is 62.1 Å². The van der Waals surface area contributed by atoms with Gasteiger partial charge in [0.1, 0.15) is 0 Å².